The van der Waals surface area contributed by atoms with E-state index >= 15 is 0 Å². The van der Waals surface area contributed by atoms with Crippen molar-refractivity contribution in [3.8, 4) is 0 Å². The molecule has 0 saturated carbocycles. The number of ether oxygens (including phenoxy) is 3. The minimum absolute atomic E-state index is 0.0415. The molecule has 0 saturated heterocycles. The van der Waals surface area contributed by atoms with Gasteiger partial charge in [0.2, 0.25) is 0 Å². The fraction of sp³-hybridized carbons (Fsp3) is 0.661. The molecule has 1 atom stereocenters. The van der Waals surface area contributed by atoms with Crippen LogP contribution < -0.4 is 0 Å². The highest BCUT2D eigenvalue weighted by molar-refractivity contribution is 5.70. The van der Waals surface area contributed by atoms with Crippen molar-refractivity contribution in [3.05, 3.63) is 109 Å². The Kier molecular flexibility index (Phi) is 51.0. The van der Waals surface area contributed by atoms with Crippen LogP contribution in [0.25, 0.3) is 0 Å². The van der Waals surface area contributed by atoms with Gasteiger partial charge in [-0.3, -0.25) is 9.59 Å². The summed E-state index contributed by atoms with van der Waals surface area (Å²) in [5, 5.41) is 0. The Bertz CT molecular complexity index is 1280. The van der Waals surface area contributed by atoms with E-state index in [9.17, 15) is 9.59 Å². The van der Waals surface area contributed by atoms with Gasteiger partial charge in [0, 0.05) is 19.4 Å². The van der Waals surface area contributed by atoms with Gasteiger partial charge in [0.25, 0.3) is 0 Å². The molecule has 0 heterocycles. The largest absolute Gasteiger partial charge is 0.462 e. The van der Waals surface area contributed by atoms with Crippen LogP contribution in [-0.4, -0.2) is 37.9 Å². The maximum absolute atomic E-state index is 12.8. The lowest BCUT2D eigenvalue weighted by atomic mass is 10.0. The standard InChI is InChI=1S/C59H98O5/c1-4-7-10-13-16-19-22-25-28-30-32-34-37-40-43-46-49-52-58(60)63-56-57(55-62-54-51-48-45-42-39-36-27-24-21-18-15-12-9-6-3)64-59(61)53-50-47-44-41-38-35-33-31-29-26-23-20-17-14-11-8-5-2/h7-8,10-11,16-17,19-20,25-26,28-29,32-35,40,43,57H,4-6,9,12-15,18,21-24,27,30-31,36-39,41-42,44-56H2,1-3H3/b10-7-,11-8-,19-16-,20-17-,28-25-,29-26-,34-32-,35-33-,43-40-. The topological polar surface area (TPSA) is 61.8 Å². The summed E-state index contributed by atoms with van der Waals surface area (Å²) in [5.41, 5.74) is 0. The molecule has 0 aliphatic carbocycles. The van der Waals surface area contributed by atoms with Crippen molar-refractivity contribution >= 4 is 11.9 Å². The van der Waals surface area contributed by atoms with E-state index in [4.69, 9.17) is 14.2 Å². The zero-order valence-corrected chi connectivity index (χ0v) is 41.8. The average molecular weight is 887 g/mol. The van der Waals surface area contributed by atoms with Crippen molar-refractivity contribution in [2.45, 2.75) is 232 Å². The van der Waals surface area contributed by atoms with Gasteiger partial charge in [-0.25, -0.2) is 0 Å². The first-order valence-electron chi connectivity index (χ1n) is 26.4. The van der Waals surface area contributed by atoms with Crippen molar-refractivity contribution in [1.82, 2.24) is 0 Å². The van der Waals surface area contributed by atoms with Crippen molar-refractivity contribution in [2.75, 3.05) is 19.8 Å². The second-order valence-electron chi connectivity index (χ2n) is 17.0. The third-order valence-electron chi connectivity index (χ3n) is 10.8. The van der Waals surface area contributed by atoms with Crippen LogP contribution in [0.15, 0.2) is 109 Å². The van der Waals surface area contributed by atoms with E-state index in [0.29, 0.717) is 19.4 Å². The number of allylic oxidation sites excluding steroid dienone is 18. The number of hydrogen-bond acceptors (Lipinski definition) is 5. The highest BCUT2D eigenvalue weighted by Gasteiger charge is 2.17. The second-order valence-corrected chi connectivity index (χ2v) is 17.0. The van der Waals surface area contributed by atoms with Crippen molar-refractivity contribution in [1.29, 1.82) is 0 Å². The molecule has 0 aliphatic heterocycles. The Morgan fingerprint density at radius 2 is 0.719 bits per heavy atom. The molecule has 0 aromatic carbocycles. The molecule has 0 bridgehead atoms. The normalized spacial score (nSPS) is 13.1. The van der Waals surface area contributed by atoms with E-state index in [0.717, 1.165) is 116 Å². The molecule has 1 unspecified atom stereocenters. The molecule has 0 aliphatic rings. The number of hydrogen-bond donors (Lipinski definition) is 0. The lowest BCUT2D eigenvalue weighted by Gasteiger charge is -2.18. The van der Waals surface area contributed by atoms with Crippen LogP contribution in [0.3, 0.4) is 0 Å². The summed E-state index contributed by atoms with van der Waals surface area (Å²) in [6.45, 7) is 7.52. The van der Waals surface area contributed by atoms with Crippen LogP contribution in [0.4, 0.5) is 0 Å². The molecule has 0 N–H and O–H groups in total. The Morgan fingerprint density at radius 1 is 0.359 bits per heavy atom. The van der Waals surface area contributed by atoms with Crippen molar-refractivity contribution in [2.24, 2.45) is 0 Å². The van der Waals surface area contributed by atoms with Gasteiger partial charge in [-0.05, 0) is 96.3 Å². The fourth-order valence-electron chi connectivity index (χ4n) is 6.95. The molecule has 0 rings (SSSR count). The first kappa shape index (κ1) is 60.6. The van der Waals surface area contributed by atoms with Crippen LogP contribution in [0.5, 0.6) is 0 Å². The van der Waals surface area contributed by atoms with E-state index in [2.05, 4.69) is 130 Å². The molecule has 0 amide bonds. The molecule has 364 valence electrons. The summed E-state index contributed by atoms with van der Waals surface area (Å²) in [6.07, 6.45) is 73.9. The second kappa shape index (κ2) is 53.9. The summed E-state index contributed by atoms with van der Waals surface area (Å²) in [5.74, 6) is -0.493. The summed E-state index contributed by atoms with van der Waals surface area (Å²) in [4.78, 5) is 25.4. The number of rotatable bonds is 47. The molecule has 0 aromatic heterocycles. The van der Waals surface area contributed by atoms with Gasteiger partial charge in [0.15, 0.2) is 6.10 Å². The van der Waals surface area contributed by atoms with Gasteiger partial charge in [0.1, 0.15) is 6.61 Å². The van der Waals surface area contributed by atoms with E-state index in [1.54, 1.807) is 0 Å². The monoisotopic (exact) mass is 887 g/mol. The van der Waals surface area contributed by atoms with Crippen molar-refractivity contribution in [3.63, 3.8) is 0 Å². The van der Waals surface area contributed by atoms with Crippen LogP contribution >= 0.6 is 0 Å². The Hall–Kier alpha value is -3.44. The maximum atomic E-state index is 12.8. The average Bonchev–Trinajstić information content (AvgIpc) is 3.30. The van der Waals surface area contributed by atoms with Crippen molar-refractivity contribution < 1.29 is 23.8 Å². The number of unbranched alkanes of at least 4 members (excludes halogenated alkanes) is 18. The highest BCUT2D eigenvalue weighted by Crippen LogP contribution is 2.14. The van der Waals surface area contributed by atoms with Gasteiger partial charge >= 0.3 is 11.9 Å². The van der Waals surface area contributed by atoms with E-state index in [1.807, 2.05) is 0 Å². The SMILES string of the molecule is CC/C=C\C/C=C\C/C=C\C/C=C\C/C=C\CCCC(=O)OCC(COCCCCCCCCCCCCCCCC)OC(=O)CCCCCC/C=C\C/C=C\C/C=C\C/C=C\CC. The molecular formula is C59H98O5. The van der Waals surface area contributed by atoms with E-state index < -0.39 is 6.10 Å². The molecular weight excluding hydrogens is 789 g/mol. The molecule has 64 heavy (non-hydrogen) atoms. The Labute approximate surface area is 395 Å². The predicted octanol–water partition coefficient (Wildman–Crippen LogP) is 18.0. The molecule has 0 aromatic rings. The molecule has 0 fully saturated rings. The van der Waals surface area contributed by atoms with Gasteiger partial charge in [-0.15, -0.1) is 0 Å². The lowest BCUT2D eigenvalue weighted by Crippen LogP contribution is -2.30. The highest BCUT2D eigenvalue weighted by atomic mass is 16.6. The quantitative estimate of drug-likeness (QED) is 0.0346. The smallest absolute Gasteiger partial charge is 0.306 e. The summed E-state index contributed by atoms with van der Waals surface area (Å²) in [6, 6.07) is 0. The van der Waals surface area contributed by atoms with Gasteiger partial charge < -0.3 is 14.2 Å². The minimum Gasteiger partial charge on any atom is -0.462 e. The minimum atomic E-state index is -0.577. The fourth-order valence-corrected chi connectivity index (χ4v) is 6.95. The van der Waals surface area contributed by atoms with Gasteiger partial charge in [0.05, 0.1) is 6.61 Å². The van der Waals surface area contributed by atoms with E-state index in [1.165, 1.54) is 77.0 Å². The van der Waals surface area contributed by atoms with Crippen LogP contribution in [0.2, 0.25) is 0 Å². The van der Waals surface area contributed by atoms with Crippen LogP contribution in [0.1, 0.15) is 226 Å². The third-order valence-corrected chi connectivity index (χ3v) is 10.8. The zero-order chi connectivity index (χ0) is 46.3. The number of carbonyl (C=O) groups is 2. The zero-order valence-electron chi connectivity index (χ0n) is 41.8. The van der Waals surface area contributed by atoms with Crippen LogP contribution in [-0.2, 0) is 23.8 Å². The van der Waals surface area contributed by atoms with Crippen LogP contribution in [0, 0.1) is 0 Å². The Balaban J connectivity index is 4.42. The summed E-state index contributed by atoms with van der Waals surface area (Å²) >= 11 is 0. The summed E-state index contributed by atoms with van der Waals surface area (Å²) < 4.78 is 17.4. The lowest BCUT2D eigenvalue weighted by molar-refractivity contribution is -0.163. The molecule has 0 radical (unpaired) electrons. The number of esters is 2. The Morgan fingerprint density at radius 3 is 1.17 bits per heavy atom. The molecule has 5 nitrogen and oxygen atoms in total. The maximum Gasteiger partial charge on any atom is 0.306 e. The molecule has 5 heteroatoms. The summed E-state index contributed by atoms with van der Waals surface area (Å²) in [7, 11) is 0. The van der Waals surface area contributed by atoms with E-state index in [-0.39, 0.29) is 25.2 Å². The molecule has 0 spiro atoms. The first-order chi connectivity index (χ1) is 31.6. The number of carbonyl (C=O) groups excluding carboxylic acids is 2. The third kappa shape index (κ3) is 51.2. The van der Waals surface area contributed by atoms with Gasteiger partial charge in [-0.1, -0.05) is 226 Å². The van der Waals surface area contributed by atoms with Gasteiger partial charge in [-0.2, -0.15) is 0 Å². The predicted molar refractivity (Wildman–Crippen MR) is 279 cm³/mol. The first-order valence-corrected chi connectivity index (χ1v) is 26.4.